The molecule has 0 unspecified atom stereocenters. The fraction of sp³-hybridized carbons (Fsp3) is 0.333. The molecular formula is C18H18N6O3Se3. The third kappa shape index (κ3) is 4.44. The van der Waals surface area contributed by atoms with Crippen LogP contribution in [0.25, 0.3) is 0 Å². The van der Waals surface area contributed by atoms with Crippen LogP contribution in [0.2, 0.25) is 0 Å². The first-order valence-corrected chi connectivity index (χ1v) is 14.6. The predicted octanol–water partition coefficient (Wildman–Crippen LogP) is -0.171. The molecule has 3 amide bonds. The van der Waals surface area contributed by atoms with Crippen LogP contribution in [0.4, 0.5) is 0 Å². The van der Waals surface area contributed by atoms with Crippen LogP contribution in [0.3, 0.4) is 0 Å². The molecule has 9 nitrogen and oxygen atoms in total. The molecule has 0 saturated carbocycles. The third-order valence-corrected chi connectivity index (χ3v) is 10.9. The molecule has 3 N–H and O–H groups in total. The van der Waals surface area contributed by atoms with E-state index in [4.69, 9.17) is 0 Å². The Balaban J connectivity index is 1.68. The number of rotatable bonds is 0. The van der Waals surface area contributed by atoms with Crippen molar-refractivity contribution >= 4 is 61.2 Å². The second-order valence-electron chi connectivity index (χ2n) is 6.80. The van der Waals surface area contributed by atoms with Gasteiger partial charge in [0.2, 0.25) is 0 Å². The van der Waals surface area contributed by atoms with Gasteiger partial charge >= 0.3 is 191 Å². The summed E-state index contributed by atoms with van der Waals surface area (Å²) in [5.41, 5.74) is 1.07. The molecular weight excluding hydrogens is 585 g/mol. The van der Waals surface area contributed by atoms with Crippen LogP contribution < -0.4 is 16.0 Å². The van der Waals surface area contributed by atoms with Gasteiger partial charge in [0.25, 0.3) is 0 Å². The topological polar surface area (TPSA) is 126 Å². The summed E-state index contributed by atoms with van der Waals surface area (Å²) in [6.07, 6.45) is 0. The normalized spacial score (nSPS) is 22.5. The first-order valence-electron chi connectivity index (χ1n) is 9.10. The number of carbonyl (C=O) groups is 3. The van der Waals surface area contributed by atoms with Crippen molar-refractivity contribution in [3.05, 3.63) is 45.6 Å². The van der Waals surface area contributed by atoms with Crippen LogP contribution in [0.1, 0.15) is 84.1 Å². The minimum atomic E-state index is -0.297. The van der Waals surface area contributed by atoms with E-state index in [0.717, 1.165) is 13.7 Å². The van der Waals surface area contributed by atoms with Gasteiger partial charge in [0.1, 0.15) is 0 Å². The molecule has 3 aromatic heterocycles. The Morgan fingerprint density at radius 2 is 0.867 bits per heavy atom. The van der Waals surface area contributed by atoms with Gasteiger partial charge in [-0.2, -0.15) is 0 Å². The van der Waals surface area contributed by atoms with Crippen molar-refractivity contribution in [3.8, 4) is 0 Å². The molecule has 3 aromatic rings. The second kappa shape index (κ2) is 8.75. The molecule has 0 saturated heterocycles. The van der Waals surface area contributed by atoms with E-state index in [-0.39, 0.29) is 79.4 Å². The summed E-state index contributed by atoms with van der Waals surface area (Å²) in [5, 5.41) is 8.74. The van der Waals surface area contributed by atoms with Crippen LogP contribution in [0.15, 0.2) is 14.8 Å². The van der Waals surface area contributed by atoms with Crippen LogP contribution in [0, 0.1) is 0 Å². The zero-order chi connectivity index (χ0) is 21.4. The van der Waals surface area contributed by atoms with Crippen LogP contribution in [-0.2, 0) is 0 Å². The van der Waals surface area contributed by atoms with Crippen LogP contribution in [0.5, 0.6) is 0 Å². The molecule has 0 radical (unpaired) electrons. The van der Waals surface area contributed by atoms with Crippen molar-refractivity contribution < 1.29 is 14.4 Å². The number of nitrogens with zero attached hydrogens (tertiary/aromatic N) is 3. The molecule has 1 aliphatic rings. The molecule has 0 aliphatic carbocycles. The molecule has 0 spiro atoms. The van der Waals surface area contributed by atoms with Gasteiger partial charge in [0, 0.05) is 0 Å². The average Bonchev–Trinajstić information content (AvgIpc) is 3.47. The molecule has 12 heteroatoms. The number of hydrogen-bond donors (Lipinski definition) is 3. The number of carbonyl (C=O) groups excluding carboxylic acids is 3. The molecule has 0 aromatic carbocycles. The van der Waals surface area contributed by atoms with Gasteiger partial charge in [-0.1, -0.05) is 0 Å². The average molecular weight is 603 g/mol. The SMILES string of the molecule is C[C@@H]1NC(=O)c2c[se]c(n2)[C@H](C)NC(=O)c2c[se]c(n2)[C@H](C)NC(=O)c2c[se]c1n2. The van der Waals surface area contributed by atoms with E-state index in [1.807, 2.05) is 35.6 Å². The zero-order valence-corrected chi connectivity index (χ0v) is 21.4. The maximum absolute atomic E-state index is 12.6. The second-order valence-corrected chi connectivity index (χ2v) is 12.4. The summed E-state index contributed by atoms with van der Waals surface area (Å²) < 4.78 is 2.36. The Morgan fingerprint density at radius 1 is 0.600 bits per heavy atom. The molecule has 4 rings (SSSR count). The number of aromatic nitrogens is 3. The number of amides is 3. The molecule has 1 aliphatic heterocycles. The first-order chi connectivity index (χ1) is 14.3. The van der Waals surface area contributed by atoms with Gasteiger partial charge in [0.15, 0.2) is 0 Å². The maximum atomic E-state index is 12.6. The molecule has 3 atom stereocenters. The summed E-state index contributed by atoms with van der Waals surface area (Å²) in [4.78, 5) is 56.6. The van der Waals surface area contributed by atoms with Gasteiger partial charge in [-0.25, -0.2) is 0 Å². The van der Waals surface area contributed by atoms with E-state index < -0.39 is 0 Å². The van der Waals surface area contributed by atoms with E-state index in [2.05, 4.69) is 30.9 Å². The molecule has 0 fully saturated rings. The Hall–Kier alpha value is -1.80. The summed E-state index contributed by atoms with van der Waals surface area (Å²) in [7, 11) is 0. The summed E-state index contributed by atoms with van der Waals surface area (Å²) in [6.45, 7) is 5.56. The summed E-state index contributed by atoms with van der Waals surface area (Å²) >= 11 is -0.326. The Bertz CT molecular complexity index is 982. The first kappa shape index (κ1) is 21.4. The van der Waals surface area contributed by atoms with E-state index in [1.165, 1.54) is 0 Å². The Labute approximate surface area is 190 Å². The number of fused-ring (bicyclic) bond motifs is 6. The van der Waals surface area contributed by atoms with E-state index >= 15 is 0 Å². The van der Waals surface area contributed by atoms with Crippen molar-refractivity contribution in [3.63, 3.8) is 0 Å². The van der Waals surface area contributed by atoms with Crippen molar-refractivity contribution in [1.29, 1.82) is 0 Å². The Kier molecular flexibility index (Phi) is 6.25. The van der Waals surface area contributed by atoms with Crippen molar-refractivity contribution in [2.75, 3.05) is 0 Å². The van der Waals surface area contributed by atoms with Crippen molar-refractivity contribution in [1.82, 2.24) is 30.9 Å². The standard InChI is InChI=1S/C18H18N6O3Se3/c1-7-16-22-11(4-28-16)14(26)20-9(3)18-24-12(6-30-18)15(27)21-8(2)17-23-10(5-29-17)13(25)19-7/h4-9H,1-3H3,(H,19,25)(H,20,26)(H,21,27)/t7-,8-,9-/m0/s1. The van der Waals surface area contributed by atoms with E-state index in [0.29, 0.717) is 17.1 Å². The van der Waals surface area contributed by atoms with Crippen molar-refractivity contribution in [2.24, 2.45) is 0 Å². The minimum absolute atomic E-state index is 0.109. The molecule has 156 valence electrons. The van der Waals surface area contributed by atoms with Gasteiger partial charge < -0.3 is 0 Å². The van der Waals surface area contributed by atoms with Crippen LogP contribution in [-0.4, -0.2) is 76.2 Å². The number of hydrogen-bond acceptors (Lipinski definition) is 6. The molecule has 6 bridgehead atoms. The fourth-order valence-corrected chi connectivity index (χ4v) is 7.84. The van der Waals surface area contributed by atoms with E-state index in [1.54, 1.807) is 0 Å². The van der Waals surface area contributed by atoms with Gasteiger partial charge in [-0.15, -0.1) is 0 Å². The Morgan fingerprint density at radius 3 is 1.13 bits per heavy atom. The fourth-order valence-electron chi connectivity index (χ4n) is 2.77. The van der Waals surface area contributed by atoms with Crippen LogP contribution >= 0.6 is 0 Å². The predicted molar refractivity (Wildman–Crippen MR) is 111 cm³/mol. The monoisotopic (exact) mass is 606 g/mol. The van der Waals surface area contributed by atoms with Gasteiger partial charge in [-0.05, 0) is 0 Å². The molecule has 30 heavy (non-hydrogen) atoms. The molecule has 4 heterocycles. The third-order valence-electron chi connectivity index (χ3n) is 4.42. The quantitative estimate of drug-likeness (QED) is 0.307. The van der Waals surface area contributed by atoms with Gasteiger partial charge in [-0.3, -0.25) is 0 Å². The van der Waals surface area contributed by atoms with E-state index in [9.17, 15) is 14.4 Å². The summed E-state index contributed by atoms with van der Waals surface area (Å²) in [6, 6.07) is -0.890. The summed E-state index contributed by atoms with van der Waals surface area (Å²) in [5.74, 6) is -0.835. The van der Waals surface area contributed by atoms with Crippen molar-refractivity contribution in [2.45, 2.75) is 38.9 Å². The zero-order valence-electron chi connectivity index (χ0n) is 16.3. The number of nitrogens with one attached hydrogen (secondary N) is 3. The van der Waals surface area contributed by atoms with Gasteiger partial charge in [0.05, 0.1) is 0 Å².